The maximum Gasteiger partial charge on any atom is 0.173 e. The first-order valence-corrected chi connectivity index (χ1v) is 8.07. The smallest absolute Gasteiger partial charge is 0.173 e. The lowest BCUT2D eigenvalue weighted by Gasteiger charge is -2.41. The van der Waals surface area contributed by atoms with Gasteiger partial charge in [0.1, 0.15) is 0 Å². The summed E-state index contributed by atoms with van der Waals surface area (Å²) in [5.74, 6) is 0.630. The van der Waals surface area contributed by atoms with Gasteiger partial charge >= 0.3 is 0 Å². The molecule has 4 heteroatoms. The minimum absolute atomic E-state index is 0.175. The maximum atomic E-state index is 6.14. The standard InChI is InChI=1S/C15H22BrNO2/c1-17-13(12-5-8-18-14(12)16)11-4-9-19-15(10-11)6-2-3-7-15/h5,8,11,13,17H,2-4,6-7,9-10H2,1H3. The highest BCUT2D eigenvalue weighted by Gasteiger charge is 2.42. The third kappa shape index (κ3) is 2.63. The molecule has 2 unspecified atom stereocenters. The molecule has 1 aliphatic carbocycles. The molecule has 1 aromatic rings. The van der Waals surface area contributed by atoms with Gasteiger partial charge in [0.2, 0.25) is 0 Å². The van der Waals surface area contributed by atoms with Crippen molar-refractivity contribution in [2.45, 2.75) is 50.2 Å². The molecule has 2 atom stereocenters. The van der Waals surface area contributed by atoms with E-state index in [9.17, 15) is 0 Å². The van der Waals surface area contributed by atoms with E-state index >= 15 is 0 Å². The highest BCUT2D eigenvalue weighted by atomic mass is 79.9. The minimum atomic E-state index is 0.175. The second-order valence-electron chi connectivity index (χ2n) is 5.91. The van der Waals surface area contributed by atoms with Gasteiger partial charge in [-0.2, -0.15) is 0 Å². The van der Waals surface area contributed by atoms with E-state index in [4.69, 9.17) is 9.15 Å². The van der Waals surface area contributed by atoms with Gasteiger partial charge in [-0.3, -0.25) is 0 Å². The molecule has 1 spiro atoms. The molecule has 1 aliphatic heterocycles. The van der Waals surface area contributed by atoms with Gasteiger partial charge < -0.3 is 14.5 Å². The Morgan fingerprint density at radius 3 is 2.84 bits per heavy atom. The molecule has 0 bridgehead atoms. The number of nitrogens with one attached hydrogen (secondary N) is 1. The van der Waals surface area contributed by atoms with E-state index in [1.807, 2.05) is 7.05 Å². The zero-order chi connectivity index (χ0) is 13.3. The summed E-state index contributed by atoms with van der Waals surface area (Å²) >= 11 is 3.51. The SMILES string of the molecule is CNC(c1ccoc1Br)C1CCOC2(CCCC2)C1. The molecule has 3 nitrogen and oxygen atoms in total. The van der Waals surface area contributed by atoms with Gasteiger partial charge in [0.05, 0.1) is 11.9 Å². The normalized spacial score (nSPS) is 27.8. The van der Waals surface area contributed by atoms with Crippen LogP contribution in [-0.2, 0) is 4.74 Å². The Bertz CT molecular complexity index is 426. The van der Waals surface area contributed by atoms with E-state index in [1.165, 1.54) is 37.7 Å². The van der Waals surface area contributed by atoms with E-state index in [0.29, 0.717) is 12.0 Å². The summed E-state index contributed by atoms with van der Waals surface area (Å²) in [4.78, 5) is 0. The third-order valence-corrected chi connectivity index (χ3v) is 5.45. The zero-order valence-electron chi connectivity index (χ0n) is 11.5. The predicted octanol–water partition coefficient (Wildman–Crippen LogP) is 4.04. The lowest BCUT2D eigenvalue weighted by atomic mass is 9.79. The minimum Gasteiger partial charge on any atom is -0.457 e. The molecule has 19 heavy (non-hydrogen) atoms. The number of hydrogen-bond donors (Lipinski definition) is 1. The van der Waals surface area contributed by atoms with Crippen LogP contribution in [0.5, 0.6) is 0 Å². The van der Waals surface area contributed by atoms with E-state index in [0.717, 1.165) is 17.7 Å². The van der Waals surface area contributed by atoms with Crippen LogP contribution in [0.3, 0.4) is 0 Å². The van der Waals surface area contributed by atoms with Crippen molar-refractivity contribution in [2.24, 2.45) is 5.92 Å². The average molecular weight is 328 g/mol. The molecule has 2 aliphatic rings. The van der Waals surface area contributed by atoms with Crippen LogP contribution in [0.25, 0.3) is 0 Å². The van der Waals surface area contributed by atoms with Gasteiger partial charge in [-0.1, -0.05) is 12.8 Å². The van der Waals surface area contributed by atoms with Crippen molar-refractivity contribution in [1.29, 1.82) is 0 Å². The first-order valence-electron chi connectivity index (χ1n) is 7.28. The second kappa shape index (κ2) is 5.58. The van der Waals surface area contributed by atoms with Crippen LogP contribution in [0.1, 0.15) is 50.1 Å². The Labute approximate surface area is 123 Å². The Balaban J connectivity index is 1.78. The number of rotatable bonds is 3. The first kappa shape index (κ1) is 13.7. The molecular weight excluding hydrogens is 306 g/mol. The molecule has 1 N–H and O–H groups in total. The van der Waals surface area contributed by atoms with Crippen molar-refractivity contribution in [3.05, 3.63) is 22.6 Å². The fraction of sp³-hybridized carbons (Fsp3) is 0.733. The summed E-state index contributed by atoms with van der Waals surface area (Å²) in [6, 6.07) is 2.43. The summed E-state index contributed by atoms with van der Waals surface area (Å²) in [7, 11) is 2.04. The molecule has 2 heterocycles. The van der Waals surface area contributed by atoms with E-state index in [1.54, 1.807) is 6.26 Å². The molecule has 2 fully saturated rings. The Morgan fingerprint density at radius 1 is 1.42 bits per heavy atom. The Kier molecular flexibility index (Phi) is 4.01. The number of hydrogen-bond acceptors (Lipinski definition) is 3. The van der Waals surface area contributed by atoms with Gasteiger partial charge in [-0.05, 0) is 60.6 Å². The second-order valence-corrected chi connectivity index (χ2v) is 6.63. The quantitative estimate of drug-likeness (QED) is 0.909. The third-order valence-electron chi connectivity index (χ3n) is 4.81. The van der Waals surface area contributed by atoms with Crippen molar-refractivity contribution in [3.63, 3.8) is 0 Å². The number of furan rings is 1. The number of ether oxygens (including phenoxy) is 1. The molecular formula is C15H22BrNO2. The molecule has 0 radical (unpaired) electrons. The van der Waals surface area contributed by atoms with Crippen LogP contribution in [0, 0.1) is 5.92 Å². The Morgan fingerprint density at radius 2 is 2.21 bits per heavy atom. The van der Waals surface area contributed by atoms with Crippen molar-refractivity contribution < 1.29 is 9.15 Å². The van der Waals surface area contributed by atoms with Crippen LogP contribution >= 0.6 is 15.9 Å². The lowest BCUT2D eigenvalue weighted by Crippen LogP contribution is -2.41. The monoisotopic (exact) mass is 327 g/mol. The van der Waals surface area contributed by atoms with Crippen LogP contribution in [0.4, 0.5) is 0 Å². The topological polar surface area (TPSA) is 34.4 Å². The predicted molar refractivity (Wildman–Crippen MR) is 78.1 cm³/mol. The summed E-state index contributed by atoms with van der Waals surface area (Å²) in [5.41, 5.74) is 1.41. The highest BCUT2D eigenvalue weighted by molar-refractivity contribution is 9.10. The average Bonchev–Trinajstić information content (AvgIpc) is 3.02. The first-order chi connectivity index (χ1) is 9.24. The van der Waals surface area contributed by atoms with E-state index in [2.05, 4.69) is 27.3 Å². The number of halogens is 1. The summed E-state index contributed by atoms with van der Waals surface area (Å²) in [6.07, 6.45) is 9.20. The fourth-order valence-electron chi connectivity index (χ4n) is 3.89. The highest BCUT2D eigenvalue weighted by Crippen LogP contribution is 2.46. The summed E-state index contributed by atoms with van der Waals surface area (Å²) in [6.45, 7) is 0.901. The van der Waals surface area contributed by atoms with Crippen LogP contribution in [0.2, 0.25) is 0 Å². The van der Waals surface area contributed by atoms with Crippen molar-refractivity contribution in [1.82, 2.24) is 5.32 Å². The molecule has 106 valence electrons. The van der Waals surface area contributed by atoms with Crippen LogP contribution in [-0.4, -0.2) is 19.3 Å². The van der Waals surface area contributed by atoms with Crippen molar-refractivity contribution in [2.75, 3.05) is 13.7 Å². The van der Waals surface area contributed by atoms with Gasteiger partial charge in [0.25, 0.3) is 0 Å². The van der Waals surface area contributed by atoms with E-state index in [-0.39, 0.29) is 5.60 Å². The van der Waals surface area contributed by atoms with Gasteiger partial charge in [0.15, 0.2) is 4.67 Å². The van der Waals surface area contributed by atoms with Gasteiger partial charge in [0, 0.05) is 18.2 Å². The maximum absolute atomic E-state index is 6.14. The molecule has 0 aromatic carbocycles. The molecule has 1 aromatic heterocycles. The zero-order valence-corrected chi connectivity index (χ0v) is 13.0. The molecule has 1 saturated heterocycles. The summed E-state index contributed by atoms with van der Waals surface area (Å²) < 4.78 is 12.4. The largest absolute Gasteiger partial charge is 0.457 e. The molecule has 1 saturated carbocycles. The summed E-state index contributed by atoms with van der Waals surface area (Å²) in [5, 5.41) is 3.48. The van der Waals surface area contributed by atoms with E-state index < -0.39 is 0 Å². The molecule has 0 amide bonds. The fourth-order valence-corrected chi connectivity index (χ4v) is 4.38. The van der Waals surface area contributed by atoms with Gasteiger partial charge in [-0.15, -0.1) is 0 Å². The molecule has 3 rings (SSSR count). The van der Waals surface area contributed by atoms with Crippen LogP contribution in [0.15, 0.2) is 21.4 Å². The van der Waals surface area contributed by atoms with Gasteiger partial charge in [-0.25, -0.2) is 0 Å². The Hall–Kier alpha value is -0.320. The van der Waals surface area contributed by atoms with Crippen molar-refractivity contribution in [3.8, 4) is 0 Å². The van der Waals surface area contributed by atoms with Crippen LogP contribution < -0.4 is 5.32 Å². The lowest BCUT2D eigenvalue weighted by molar-refractivity contribution is -0.0979. The van der Waals surface area contributed by atoms with Crippen molar-refractivity contribution >= 4 is 15.9 Å².